The van der Waals surface area contributed by atoms with Gasteiger partial charge >= 0.3 is 5.97 Å². The summed E-state index contributed by atoms with van der Waals surface area (Å²) in [5, 5.41) is 21.9. The van der Waals surface area contributed by atoms with Crippen molar-refractivity contribution in [3.63, 3.8) is 0 Å². The van der Waals surface area contributed by atoms with E-state index in [-0.39, 0.29) is 23.2 Å². The zero-order valence-electron chi connectivity index (χ0n) is 23.3. The molecule has 0 saturated heterocycles. The van der Waals surface area contributed by atoms with Gasteiger partial charge in [0.2, 0.25) is 0 Å². The number of amidine groups is 1. The lowest BCUT2D eigenvalue weighted by atomic mass is 9.82. The van der Waals surface area contributed by atoms with Crippen molar-refractivity contribution in [3.8, 4) is 16.9 Å². The number of aromatic carboxylic acids is 1. The maximum absolute atomic E-state index is 13.3. The number of carbonyl (C=O) groups is 2. The second-order valence-corrected chi connectivity index (χ2v) is 9.94. The van der Waals surface area contributed by atoms with Crippen LogP contribution in [0.4, 0.5) is 0 Å². The van der Waals surface area contributed by atoms with Gasteiger partial charge < -0.3 is 25.9 Å². The summed E-state index contributed by atoms with van der Waals surface area (Å²) < 4.78 is 5.30. The Balaban J connectivity index is 1.63. The largest absolute Gasteiger partial charge is 0.497 e. The quantitative estimate of drug-likeness (QED) is 0.109. The normalized spacial score (nSPS) is 11.7. The second-order valence-electron chi connectivity index (χ2n) is 9.94. The minimum atomic E-state index is -1.10. The summed E-state index contributed by atoms with van der Waals surface area (Å²) >= 11 is 0. The first-order valence-electron chi connectivity index (χ1n) is 13.5. The van der Waals surface area contributed by atoms with Crippen molar-refractivity contribution in [1.82, 2.24) is 15.3 Å². The molecule has 0 radical (unpaired) electrons. The molecule has 6 N–H and O–H groups in total. The van der Waals surface area contributed by atoms with E-state index in [1.165, 1.54) is 13.2 Å². The Labute approximate surface area is 242 Å². The fraction of sp³-hybridized carbons (Fsp3) is 0.152. The minimum absolute atomic E-state index is 0.0131. The van der Waals surface area contributed by atoms with Crippen molar-refractivity contribution in [1.29, 1.82) is 5.41 Å². The highest BCUT2D eigenvalue weighted by Crippen LogP contribution is 2.40. The van der Waals surface area contributed by atoms with Gasteiger partial charge in [-0.2, -0.15) is 0 Å². The van der Waals surface area contributed by atoms with Crippen molar-refractivity contribution in [2.45, 2.75) is 25.8 Å². The fourth-order valence-electron chi connectivity index (χ4n) is 5.29. The summed E-state index contributed by atoms with van der Waals surface area (Å²) in [7, 11) is 1.49. The zero-order valence-corrected chi connectivity index (χ0v) is 23.3. The molecule has 42 heavy (non-hydrogen) atoms. The van der Waals surface area contributed by atoms with Crippen LogP contribution in [-0.2, 0) is 6.54 Å². The Bertz CT molecular complexity index is 1800. The Hall–Kier alpha value is -5.44. The van der Waals surface area contributed by atoms with Crippen molar-refractivity contribution in [3.05, 3.63) is 119 Å². The predicted octanol–water partition coefficient (Wildman–Crippen LogP) is 5.69. The molecule has 2 aromatic heterocycles. The minimum Gasteiger partial charge on any atom is -0.497 e. The molecule has 0 bridgehead atoms. The molecule has 0 spiro atoms. The predicted molar refractivity (Wildman–Crippen MR) is 162 cm³/mol. The molecule has 0 aliphatic heterocycles. The van der Waals surface area contributed by atoms with Gasteiger partial charge in [-0.15, -0.1) is 0 Å². The van der Waals surface area contributed by atoms with Crippen LogP contribution in [0.2, 0.25) is 0 Å². The number of nitrogens with two attached hydrogens (primary N) is 1. The molecule has 2 heterocycles. The number of carboxylic acid groups (broad SMARTS) is 1. The third-order valence-corrected chi connectivity index (χ3v) is 7.45. The maximum Gasteiger partial charge on any atom is 0.336 e. The topological polar surface area (TPSA) is 154 Å². The molecule has 3 aromatic carbocycles. The lowest BCUT2D eigenvalue weighted by Crippen LogP contribution is -2.23. The molecule has 0 saturated carbocycles. The molecule has 5 rings (SSSR count). The Morgan fingerprint density at radius 1 is 1.00 bits per heavy atom. The summed E-state index contributed by atoms with van der Waals surface area (Å²) in [5.74, 6) is -1.09. The first kappa shape index (κ1) is 28.1. The smallest absolute Gasteiger partial charge is 0.336 e. The van der Waals surface area contributed by atoms with Crippen LogP contribution < -0.4 is 15.8 Å². The van der Waals surface area contributed by atoms with Crippen molar-refractivity contribution in [2.24, 2.45) is 5.73 Å². The van der Waals surface area contributed by atoms with Crippen molar-refractivity contribution < 1.29 is 19.4 Å². The van der Waals surface area contributed by atoms with Crippen LogP contribution in [0.15, 0.2) is 85.3 Å². The average Bonchev–Trinajstić information content (AvgIpc) is 3.43. The number of amides is 1. The van der Waals surface area contributed by atoms with E-state index in [4.69, 9.17) is 15.9 Å². The zero-order chi connectivity index (χ0) is 29.8. The van der Waals surface area contributed by atoms with Crippen LogP contribution >= 0.6 is 0 Å². The van der Waals surface area contributed by atoms with Crippen LogP contribution in [0.3, 0.4) is 0 Å². The number of hydrogen-bond acceptors (Lipinski definition) is 5. The molecule has 0 fully saturated rings. The number of carbonyl (C=O) groups excluding carboxylic acids is 1. The summed E-state index contributed by atoms with van der Waals surface area (Å²) in [6.45, 7) is 2.40. The van der Waals surface area contributed by atoms with Gasteiger partial charge in [-0.25, -0.2) is 4.79 Å². The standard InChI is InChI=1S/C33H31N5O4/c1-3-23(29-18-37-30-15-20(31(34)35)4-8-26(29)30)24-7-5-21(32(39)38-17-19-10-12-36-13-11-19)14-27(24)25-9-6-22(42-2)16-28(25)33(40)41/h4-16,18,23,37H,3,17H2,1-2H3,(H3,34,35)(H,38,39)(H,40,41). The monoisotopic (exact) mass is 561 g/mol. The number of nitrogen functional groups attached to an aromatic ring is 1. The summed E-state index contributed by atoms with van der Waals surface area (Å²) in [4.78, 5) is 33.0. The van der Waals surface area contributed by atoms with E-state index in [1.807, 2.05) is 42.6 Å². The number of hydrogen-bond donors (Lipinski definition) is 5. The SMILES string of the molecule is CCC(c1ccc(C(=O)NCc2ccncc2)cc1-c1ccc(OC)cc1C(=O)O)c1c[nH]c2cc(C(=N)N)ccc12. The lowest BCUT2D eigenvalue weighted by Gasteiger charge is -2.22. The fourth-order valence-corrected chi connectivity index (χ4v) is 5.29. The van der Waals surface area contributed by atoms with Crippen molar-refractivity contribution in [2.75, 3.05) is 7.11 Å². The Kier molecular flexibility index (Phi) is 8.01. The van der Waals surface area contributed by atoms with Gasteiger partial charge in [0.1, 0.15) is 11.6 Å². The van der Waals surface area contributed by atoms with Gasteiger partial charge in [0.15, 0.2) is 0 Å². The third-order valence-electron chi connectivity index (χ3n) is 7.45. The number of benzene rings is 3. The summed E-state index contributed by atoms with van der Waals surface area (Å²) in [6.07, 6.45) is 5.98. The number of methoxy groups -OCH3 is 1. The highest BCUT2D eigenvalue weighted by atomic mass is 16.5. The third kappa shape index (κ3) is 5.57. The van der Waals surface area contributed by atoms with Crippen LogP contribution in [0, 0.1) is 5.41 Å². The molecule has 0 aliphatic rings. The number of nitrogens with one attached hydrogen (secondary N) is 3. The highest BCUT2D eigenvalue weighted by molar-refractivity contribution is 6.01. The Morgan fingerprint density at radius 3 is 2.45 bits per heavy atom. The van der Waals surface area contributed by atoms with E-state index in [9.17, 15) is 14.7 Å². The molecule has 1 atom stereocenters. The average molecular weight is 562 g/mol. The number of pyridine rings is 1. The van der Waals surface area contributed by atoms with E-state index in [0.717, 1.165) is 27.6 Å². The molecule has 9 nitrogen and oxygen atoms in total. The van der Waals surface area contributed by atoms with Gasteiger partial charge in [0, 0.05) is 53.1 Å². The number of carboxylic acids is 1. The van der Waals surface area contributed by atoms with Gasteiger partial charge in [-0.3, -0.25) is 15.2 Å². The molecular formula is C33H31N5O4. The van der Waals surface area contributed by atoms with E-state index in [1.54, 1.807) is 36.7 Å². The van der Waals surface area contributed by atoms with Gasteiger partial charge in [0.05, 0.1) is 12.7 Å². The number of nitrogens with zero attached hydrogens (tertiary/aromatic N) is 1. The molecule has 1 amide bonds. The van der Waals surface area contributed by atoms with Crippen LogP contribution in [0.1, 0.15) is 62.2 Å². The first-order valence-corrected chi connectivity index (χ1v) is 13.5. The molecule has 1 unspecified atom stereocenters. The number of rotatable bonds is 10. The summed E-state index contributed by atoms with van der Waals surface area (Å²) in [5.41, 5.74) is 11.6. The molecule has 5 aromatic rings. The summed E-state index contributed by atoms with van der Waals surface area (Å²) in [6, 6.07) is 19.6. The number of ether oxygens (including phenoxy) is 1. The van der Waals surface area contributed by atoms with Crippen molar-refractivity contribution >= 4 is 28.6 Å². The molecule has 9 heteroatoms. The van der Waals surface area contributed by atoms with E-state index in [0.29, 0.717) is 41.0 Å². The van der Waals surface area contributed by atoms with E-state index < -0.39 is 5.97 Å². The molecular weight excluding hydrogens is 530 g/mol. The number of fused-ring (bicyclic) bond motifs is 1. The van der Waals surface area contributed by atoms with Gasteiger partial charge in [0.25, 0.3) is 5.91 Å². The highest BCUT2D eigenvalue weighted by Gasteiger charge is 2.24. The number of aromatic nitrogens is 2. The second kappa shape index (κ2) is 12.0. The van der Waals surface area contributed by atoms with E-state index >= 15 is 0 Å². The van der Waals surface area contributed by atoms with Gasteiger partial charge in [-0.05, 0) is 82.8 Å². The molecule has 0 aliphatic carbocycles. The first-order chi connectivity index (χ1) is 20.3. The Morgan fingerprint density at radius 2 is 1.76 bits per heavy atom. The molecule has 212 valence electrons. The van der Waals surface area contributed by atoms with E-state index in [2.05, 4.69) is 22.2 Å². The van der Waals surface area contributed by atoms with Gasteiger partial charge in [-0.1, -0.05) is 25.1 Å². The maximum atomic E-state index is 13.3. The number of aromatic amines is 1. The number of H-pyrrole nitrogens is 1. The lowest BCUT2D eigenvalue weighted by molar-refractivity contribution is 0.0697. The van der Waals surface area contributed by atoms with Crippen LogP contribution in [-0.4, -0.2) is 39.9 Å². The van der Waals surface area contributed by atoms with Crippen LogP contribution in [0.25, 0.3) is 22.0 Å². The van der Waals surface area contributed by atoms with Crippen LogP contribution in [0.5, 0.6) is 5.75 Å².